The van der Waals surface area contributed by atoms with Crippen molar-refractivity contribution in [1.29, 1.82) is 0 Å². The van der Waals surface area contributed by atoms with Crippen LogP contribution in [0.5, 0.6) is 0 Å². The van der Waals surface area contributed by atoms with Crippen molar-refractivity contribution < 1.29 is 0 Å². The van der Waals surface area contributed by atoms with Crippen molar-refractivity contribution in [3.05, 3.63) is 0 Å². The number of unbranched alkanes of at least 4 members (excludes halogenated alkanes) is 11. The lowest BCUT2D eigenvalue weighted by molar-refractivity contribution is 0.234. The third-order valence-electron chi connectivity index (χ3n) is 6.22. The Balaban J connectivity index is 0.000000567. The summed E-state index contributed by atoms with van der Waals surface area (Å²) in [5.74, 6) is 0. The van der Waals surface area contributed by atoms with Gasteiger partial charge in [-0.3, -0.25) is 4.90 Å². The van der Waals surface area contributed by atoms with E-state index in [0.29, 0.717) is 0 Å². The third kappa shape index (κ3) is 21.1. The Bertz CT molecular complexity index is 281. The molecule has 0 aromatic heterocycles. The maximum Gasteiger partial charge on any atom is 0.0481 e. The van der Waals surface area contributed by atoms with Crippen LogP contribution in [-0.2, 0) is 0 Å². The standard InChI is InChI=1S/C14H30.C12H28N4/c1-3-5-7-9-11-13-14-12-10-8-6-4-2;1-3-15-9-5-6-13-7-11-16(4-2)12-14-8-10-15/h3-14H2,1-2H3;13-14H,3-12H2,1-2H3. The van der Waals surface area contributed by atoms with Gasteiger partial charge in [0.25, 0.3) is 0 Å². The monoisotopic (exact) mass is 426 g/mol. The van der Waals surface area contributed by atoms with E-state index < -0.39 is 0 Å². The molecule has 0 unspecified atom stereocenters. The van der Waals surface area contributed by atoms with Gasteiger partial charge in [-0.1, -0.05) is 105 Å². The molecule has 0 amide bonds. The van der Waals surface area contributed by atoms with Gasteiger partial charge in [0.15, 0.2) is 0 Å². The van der Waals surface area contributed by atoms with E-state index in [1.807, 2.05) is 0 Å². The second kappa shape index (κ2) is 25.1. The highest BCUT2D eigenvalue weighted by Gasteiger charge is 2.05. The SMILES string of the molecule is CCCCCCCCCCCCCC.CCN1CCCNCCN(CC)CNCC1. The summed E-state index contributed by atoms with van der Waals surface area (Å²) in [5, 5.41) is 7.04. The first kappa shape index (κ1) is 29.8. The molecule has 0 aliphatic carbocycles. The van der Waals surface area contributed by atoms with Gasteiger partial charge in [-0.25, -0.2) is 0 Å². The van der Waals surface area contributed by atoms with Crippen molar-refractivity contribution in [2.45, 2.75) is 111 Å². The van der Waals surface area contributed by atoms with Crippen LogP contribution in [0.2, 0.25) is 0 Å². The summed E-state index contributed by atoms with van der Waals surface area (Å²) in [7, 11) is 0. The number of hydrogen-bond donors (Lipinski definition) is 2. The van der Waals surface area contributed by atoms with E-state index >= 15 is 0 Å². The Morgan fingerprint density at radius 1 is 0.500 bits per heavy atom. The molecule has 0 saturated carbocycles. The van der Waals surface area contributed by atoms with E-state index in [0.717, 1.165) is 39.4 Å². The molecular weight excluding hydrogens is 368 g/mol. The van der Waals surface area contributed by atoms with Crippen LogP contribution in [0.1, 0.15) is 111 Å². The molecule has 0 aromatic carbocycles. The molecule has 0 atom stereocenters. The highest BCUT2D eigenvalue weighted by Crippen LogP contribution is 2.11. The van der Waals surface area contributed by atoms with Crippen LogP contribution < -0.4 is 10.6 Å². The second-order valence-electron chi connectivity index (χ2n) is 8.94. The van der Waals surface area contributed by atoms with E-state index in [1.54, 1.807) is 0 Å². The van der Waals surface area contributed by atoms with E-state index in [-0.39, 0.29) is 0 Å². The number of rotatable bonds is 13. The smallest absolute Gasteiger partial charge is 0.0481 e. The lowest BCUT2D eigenvalue weighted by atomic mass is 10.1. The molecule has 0 spiro atoms. The highest BCUT2D eigenvalue weighted by atomic mass is 15.2. The molecule has 4 heteroatoms. The number of nitrogens with one attached hydrogen (secondary N) is 2. The van der Waals surface area contributed by atoms with Crippen LogP contribution in [0.25, 0.3) is 0 Å². The molecule has 0 bridgehead atoms. The molecule has 1 heterocycles. The lowest BCUT2D eigenvalue weighted by Gasteiger charge is -2.25. The number of likely N-dealkylation sites (N-methyl/N-ethyl adjacent to an activating group) is 2. The fourth-order valence-electron chi connectivity index (χ4n) is 3.96. The highest BCUT2D eigenvalue weighted by molar-refractivity contribution is 4.63. The van der Waals surface area contributed by atoms with Crippen LogP contribution in [0, 0.1) is 0 Å². The minimum Gasteiger partial charge on any atom is -0.315 e. The maximum absolute atomic E-state index is 3.52. The fraction of sp³-hybridized carbons (Fsp3) is 1.00. The van der Waals surface area contributed by atoms with Crippen LogP contribution in [0.15, 0.2) is 0 Å². The van der Waals surface area contributed by atoms with E-state index in [9.17, 15) is 0 Å². The first-order valence-corrected chi connectivity index (χ1v) is 13.6. The minimum atomic E-state index is 1.02. The van der Waals surface area contributed by atoms with Crippen molar-refractivity contribution in [3.63, 3.8) is 0 Å². The number of hydrogen-bond acceptors (Lipinski definition) is 4. The van der Waals surface area contributed by atoms with Crippen LogP contribution in [0.4, 0.5) is 0 Å². The zero-order chi connectivity index (χ0) is 22.1. The van der Waals surface area contributed by atoms with Gasteiger partial charge in [-0.15, -0.1) is 0 Å². The Labute approximate surface area is 190 Å². The van der Waals surface area contributed by atoms with Gasteiger partial charge in [0.1, 0.15) is 0 Å². The molecule has 1 aliphatic heterocycles. The van der Waals surface area contributed by atoms with E-state index in [1.165, 1.54) is 103 Å². The van der Waals surface area contributed by atoms with Gasteiger partial charge in [-0.2, -0.15) is 0 Å². The number of nitrogens with zero attached hydrogens (tertiary/aromatic N) is 2. The molecule has 0 aromatic rings. The Morgan fingerprint density at radius 3 is 1.47 bits per heavy atom. The van der Waals surface area contributed by atoms with Crippen molar-refractivity contribution in [1.82, 2.24) is 20.4 Å². The largest absolute Gasteiger partial charge is 0.315 e. The molecule has 1 aliphatic rings. The summed E-state index contributed by atoms with van der Waals surface area (Å²) >= 11 is 0. The normalized spacial score (nSPS) is 17.6. The van der Waals surface area contributed by atoms with Crippen molar-refractivity contribution >= 4 is 0 Å². The first-order chi connectivity index (χ1) is 14.8. The van der Waals surface area contributed by atoms with Gasteiger partial charge in [0.05, 0.1) is 0 Å². The predicted molar refractivity (Wildman–Crippen MR) is 136 cm³/mol. The summed E-state index contributed by atoms with van der Waals surface area (Å²) in [4.78, 5) is 4.97. The van der Waals surface area contributed by atoms with Crippen molar-refractivity contribution in [2.24, 2.45) is 0 Å². The molecule has 1 fully saturated rings. The summed E-state index contributed by atoms with van der Waals surface area (Å²) in [6.45, 7) is 19.3. The Kier molecular flexibility index (Phi) is 25.0. The summed E-state index contributed by atoms with van der Waals surface area (Å²) in [6, 6.07) is 0. The van der Waals surface area contributed by atoms with Gasteiger partial charge in [0.2, 0.25) is 0 Å². The molecule has 0 radical (unpaired) electrons. The summed E-state index contributed by atoms with van der Waals surface area (Å²) < 4.78 is 0. The van der Waals surface area contributed by atoms with Crippen molar-refractivity contribution in [3.8, 4) is 0 Å². The molecule has 1 saturated heterocycles. The topological polar surface area (TPSA) is 30.5 Å². The minimum absolute atomic E-state index is 1.02. The molecule has 30 heavy (non-hydrogen) atoms. The molecule has 1 rings (SSSR count). The summed E-state index contributed by atoms with van der Waals surface area (Å²) in [6.07, 6.45) is 18.7. The molecule has 4 nitrogen and oxygen atoms in total. The van der Waals surface area contributed by atoms with Gasteiger partial charge >= 0.3 is 0 Å². The Hall–Kier alpha value is -0.160. The predicted octanol–water partition coefficient (Wildman–Crippen LogP) is 5.88. The summed E-state index contributed by atoms with van der Waals surface area (Å²) in [5.41, 5.74) is 0. The zero-order valence-corrected chi connectivity index (χ0v) is 21.5. The quantitative estimate of drug-likeness (QED) is 0.360. The maximum atomic E-state index is 3.52. The average molecular weight is 427 g/mol. The van der Waals surface area contributed by atoms with Crippen LogP contribution >= 0.6 is 0 Å². The van der Waals surface area contributed by atoms with Gasteiger partial charge in [0, 0.05) is 32.8 Å². The van der Waals surface area contributed by atoms with Crippen molar-refractivity contribution in [2.75, 3.05) is 59.0 Å². The first-order valence-electron chi connectivity index (χ1n) is 13.6. The third-order valence-corrected chi connectivity index (χ3v) is 6.22. The van der Waals surface area contributed by atoms with E-state index in [4.69, 9.17) is 0 Å². The lowest BCUT2D eigenvalue weighted by Crippen LogP contribution is -2.43. The van der Waals surface area contributed by atoms with Gasteiger partial charge < -0.3 is 15.5 Å². The second-order valence-corrected chi connectivity index (χ2v) is 8.94. The van der Waals surface area contributed by atoms with Gasteiger partial charge in [-0.05, 0) is 32.6 Å². The van der Waals surface area contributed by atoms with E-state index in [2.05, 4.69) is 48.1 Å². The molecule has 2 N–H and O–H groups in total. The zero-order valence-electron chi connectivity index (χ0n) is 21.5. The average Bonchev–Trinajstić information content (AvgIpc) is 2.76. The molecule has 182 valence electrons. The Morgan fingerprint density at radius 2 is 0.967 bits per heavy atom. The van der Waals surface area contributed by atoms with Crippen LogP contribution in [0.3, 0.4) is 0 Å². The van der Waals surface area contributed by atoms with Crippen LogP contribution in [-0.4, -0.2) is 68.8 Å². The fourth-order valence-corrected chi connectivity index (χ4v) is 3.96. The molecular formula is C26H58N4.